The Morgan fingerprint density at radius 2 is 2.00 bits per heavy atom. The molecule has 2 saturated carbocycles. The van der Waals surface area contributed by atoms with Gasteiger partial charge >= 0.3 is 0 Å². The minimum atomic E-state index is 0.182. The van der Waals surface area contributed by atoms with Crippen molar-refractivity contribution in [1.29, 1.82) is 0 Å². The smallest absolute Gasteiger partial charge is 0.0182 e. The molecule has 2 N–H and O–H groups in total. The van der Waals surface area contributed by atoms with E-state index in [9.17, 15) is 0 Å². The highest BCUT2D eigenvalue weighted by Crippen LogP contribution is 2.47. The summed E-state index contributed by atoms with van der Waals surface area (Å²) in [6.45, 7) is 4.65. The highest BCUT2D eigenvalue weighted by Gasteiger charge is 2.42. The van der Waals surface area contributed by atoms with Crippen LogP contribution in [0.3, 0.4) is 0 Å². The van der Waals surface area contributed by atoms with Crippen LogP contribution in [0.25, 0.3) is 0 Å². The van der Waals surface area contributed by atoms with Gasteiger partial charge in [-0.25, -0.2) is 0 Å². The maximum absolute atomic E-state index is 6.64. The lowest BCUT2D eigenvalue weighted by Crippen LogP contribution is -2.50. The van der Waals surface area contributed by atoms with Gasteiger partial charge in [0.15, 0.2) is 0 Å². The summed E-state index contributed by atoms with van der Waals surface area (Å²) in [6.07, 6.45) is 11.0. The van der Waals surface area contributed by atoms with E-state index in [4.69, 9.17) is 5.73 Å². The lowest BCUT2D eigenvalue weighted by atomic mass is 9.68. The third kappa shape index (κ3) is 2.55. The molecule has 0 saturated heterocycles. The van der Waals surface area contributed by atoms with Crippen molar-refractivity contribution in [3.05, 3.63) is 0 Å². The lowest BCUT2D eigenvalue weighted by molar-refractivity contribution is 0.143. The molecule has 3 atom stereocenters. The molecule has 2 rings (SSSR count). The maximum Gasteiger partial charge on any atom is 0.0182 e. The third-order valence-electron chi connectivity index (χ3n) is 4.85. The molecule has 88 valence electrons. The van der Waals surface area contributed by atoms with E-state index in [-0.39, 0.29) is 5.54 Å². The fraction of sp³-hybridized carbons (Fsp3) is 1.00. The first-order valence-electron chi connectivity index (χ1n) is 6.94. The monoisotopic (exact) mass is 209 g/mol. The second kappa shape index (κ2) is 4.45. The predicted molar refractivity (Wildman–Crippen MR) is 65.7 cm³/mol. The summed E-state index contributed by atoms with van der Waals surface area (Å²) in [6, 6.07) is 0. The third-order valence-corrected chi connectivity index (χ3v) is 4.85. The largest absolute Gasteiger partial charge is 0.325 e. The molecule has 1 nitrogen and oxygen atoms in total. The van der Waals surface area contributed by atoms with Crippen LogP contribution in [-0.4, -0.2) is 5.54 Å². The van der Waals surface area contributed by atoms with Gasteiger partial charge < -0.3 is 5.73 Å². The Balaban J connectivity index is 1.93. The van der Waals surface area contributed by atoms with Crippen molar-refractivity contribution in [3.8, 4) is 0 Å². The van der Waals surface area contributed by atoms with Gasteiger partial charge in [0.25, 0.3) is 0 Å². The van der Waals surface area contributed by atoms with E-state index >= 15 is 0 Å². The van der Waals surface area contributed by atoms with Crippen LogP contribution in [0.4, 0.5) is 0 Å². The fourth-order valence-corrected chi connectivity index (χ4v) is 3.52. The van der Waals surface area contributed by atoms with Gasteiger partial charge in [-0.1, -0.05) is 33.1 Å². The Kier molecular flexibility index (Phi) is 3.39. The molecule has 2 fully saturated rings. The van der Waals surface area contributed by atoms with Crippen LogP contribution in [0.2, 0.25) is 0 Å². The Labute approximate surface area is 94.8 Å². The van der Waals surface area contributed by atoms with Gasteiger partial charge in [0.05, 0.1) is 0 Å². The van der Waals surface area contributed by atoms with Crippen molar-refractivity contribution >= 4 is 0 Å². The van der Waals surface area contributed by atoms with Crippen molar-refractivity contribution in [3.63, 3.8) is 0 Å². The minimum absolute atomic E-state index is 0.182. The zero-order valence-corrected chi connectivity index (χ0v) is 10.5. The normalized spacial score (nSPS) is 39.0. The van der Waals surface area contributed by atoms with Crippen molar-refractivity contribution in [2.75, 3.05) is 0 Å². The topological polar surface area (TPSA) is 26.0 Å². The van der Waals surface area contributed by atoms with E-state index in [2.05, 4.69) is 13.8 Å². The average molecular weight is 209 g/mol. The first kappa shape index (κ1) is 11.4. The van der Waals surface area contributed by atoms with Crippen LogP contribution in [0, 0.1) is 17.8 Å². The molecule has 15 heavy (non-hydrogen) atoms. The number of rotatable bonds is 4. The van der Waals surface area contributed by atoms with E-state index in [1.807, 2.05) is 0 Å². The summed E-state index contributed by atoms with van der Waals surface area (Å²) >= 11 is 0. The zero-order valence-electron chi connectivity index (χ0n) is 10.5. The molecule has 0 spiro atoms. The highest BCUT2D eigenvalue weighted by molar-refractivity contribution is 4.97. The summed E-state index contributed by atoms with van der Waals surface area (Å²) in [5.74, 6) is 2.76. The van der Waals surface area contributed by atoms with Crippen LogP contribution in [0.5, 0.6) is 0 Å². The highest BCUT2D eigenvalue weighted by atomic mass is 14.8. The van der Waals surface area contributed by atoms with E-state index in [1.165, 1.54) is 51.4 Å². The summed E-state index contributed by atoms with van der Waals surface area (Å²) in [5, 5.41) is 0. The van der Waals surface area contributed by atoms with Gasteiger partial charge in [0, 0.05) is 5.54 Å². The van der Waals surface area contributed by atoms with Crippen molar-refractivity contribution in [1.82, 2.24) is 0 Å². The number of nitrogens with two attached hydrogens (primary N) is 1. The van der Waals surface area contributed by atoms with Crippen LogP contribution in [-0.2, 0) is 0 Å². The average Bonchev–Trinajstić information content (AvgIpc) is 3.01. The Hall–Kier alpha value is -0.0400. The SMILES string of the molecule is CCCC(C)C1(N)CCCC(C2CC2)C1. The summed E-state index contributed by atoms with van der Waals surface area (Å²) in [7, 11) is 0. The molecule has 0 aromatic heterocycles. The van der Waals surface area contributed by atoms with Gasteiger partial charge in [0.1, 0.15) is 0 Å². The molecule has 0 radical (unpaired) electrons. The molecule has 1 heteroatoms. The van der Waals surface area contributed by atoms with Gasteiger partial charge in [-0.05, 0) is 49.9 Å². The molecule has 0 aromatic carbocycles. The predicted octanol–water partition coefficient (Wildman–Crippen LogP) is 3.72. The van der Waals surface area contributed by atoms with Gasteiger partial charge in [-0.15, -0.1) is 0 Å². The molecule has 0 bridgehead atoms. The molecule has 3 unspecified atom stereocenters. The number of hydrogen-bond donors (Lipinski definition) is 1. The van der Waals surface area contributed by atoms with Gasteiger partial charge in [-0.3, -0.25) is 0 Å². The minimum Gasteiger partial charge on any atom is -0.325 e. The van der Waals surface area contributed by atoms with Crippen LogP contribution in [0.15, 0.2) is 0 Å². The van der Waals surface area contributed by atoms with E-state index in [0.717, 1.165) is 17.8 Å². The standard InChI is InChI=1S/C14H27N/c1-3-5-11(2)14(15)9-4-6-13(10-14)12-7-8-12/h11-13H,3-10,15H2,1-2H3. The molecule has 2 aliphatic carbocycles. The first-order chi connectivity index (χ1) is 7.15. The molecule has 0 heterocycles. The van der Waals surface area contributed by atoms with E-state index in [1.54, 1.807) is 0 Å². The Morgan fingerprint density at radius 1 is 1.27 bits per heavy atom. The molecule has 2 aliphatic rings. The Bertz CT molecular complexity index is 209. The van der Waals surface area contributed by atoms with E-state index in [0.29, 0.717) is 0 Å². The quantitative estimate of drug-likeness (QED) is 0.750. The summed E-state index contributed by atoms with van der Waals surface area (Å²) in [5.41, 5.74) is 6.83. The summed E-state index contributed by atoms with van der Waals surface area (Å²) in [4.78, 5) is 0. The molecular formula is C14H27N. The van der Waals surface area contributed by atoms with Crippen molar-refractivity contribution in [2.24, 2.45) is 23.5 Å². The number of hydrogen-bond acceptors (Lipinski definition) is 1. The summed E-state index contributed by atoms with van der Waals surface area (Å²) < 4.78 is 0. The van der Waals surface area contributed by atoms with Gasteiger partial charge in [-0.2, -0.15) is 0 Å². The lowest BCUT2D eigenvalue weighted by Gasteiger charge is -2.42. The molecule has 0 amide bonds. The van der Waals surface area contributed by atoms with Crippen LogP contribution in [0.1, 0.15) is 65.2 Å². The maximum atomic E-state index is 6.64. The first-order valence-corrected chi connectivity index (χ1v) is 6.94. The van der Waals surface area contributed by atoms with Crippen LogP contribution < -0.4 is 5.73 Å². The zero-order chi connectivity index (χ0) is 10.9. The van der Waals surface area contributed by atoms with Crippen molar-refractivity contribution in [2.45, 2.75) is 70.8 Å². The van der Waals surface area contributed by atoms with Crippen LogP contribution >= 0.6 is 0 Å². The second-order valence-electron chi connectivity index (χ2n) is 6.12. The second-order valence-corrected chi connectivity index (χ2v) is 6.12. The fourth-order valence-electron chi connectivity index (χ4n) is 3.52. The molecule has 0 aromatic rings. The molecule has 0 aliphatic heterocycles. The van der Waals surface area contributed by atoms with Crippen molar-refractivity contribution < 1.29 is 0 Å². The Morgan fingerprint density at radius 3 is 2.60 bits per heavy atom. The van der Waals surface area contributed by atoms with Gasteiger partial charge in [0.2, 0.25) is 0 Å². The molecular weight excluding hydrogens is 182 g/mol. The van der Waals surface area contributed by atoms with E-state index < -0.39 is 0 Å².